The first-order valence-corrected chi connectivity index (χ1v) is 11.8. The molecular weight excluding hydrogens is 544 g/mol. The van der Waals surface area contributed by atoms with Gasteiger partial charge >= 0.3 is 0 Å². The second kappa shape index (κ2) is 12.0. The van der Waals surface area contributed by atoms with Gasteiger partial charge in [-0.25, -0.2) is 12.8 Å². The van der Waals surface area contributed by atoms with Crippen LogP contribution in [-0.2, 0) is 35.2 Å². The van der Waals surface area contributed by atoms with E-state index in [1.54, 1.807) is 13.2 Å². The van der Waals surface area contributed by atoms with E-state index < -0.39 is 15.7 Å². The topological polar surface area (TPSA) is 88.4 Å². The fraction of sp³-hybridized carbons (Fsp3) is 0.273. The minimum absolute atomic E-state index is 0. The number of halogens is 2. The van der Waals surface area contributed by atoms with Crippen molar-refractivity contribution in [3.8, 4) is 0 Å². The monoisotopic (exact) mass is 571 g/mol. The van der Waals surface area contributed by atoms with Gasteiger partial charge in [0.15, 0.2) is 15.8 Å². The van der Waals surface area contributed by atoms with Crippen molar-refractivity contribution in [1.29, 1.82) is 0 Å². The maximum atomic E-state index is 13.7. The Kier molecular flexibility index (Phi) is 9.63. The number of guanidine groups is 1. The molecule has 0 aliphatic rings. The van der Waals surface area contributed by atoms with E-state index in [9.17, 15) is 12.8 Å². The lowest BCUT2D eigenvalue weighted by Gasteiger charge is -2.15. The molecule has 1 aromatic heterocycles. The summed E-state index contributed by atoms with van der Waals surface area (Å²) in [6.45, 7) is 1.49. The highest BCUT2D eigenvalue weighted by Crippen LogP contribution is 2.14. The predicted molar refractivity (Wildman–Crippen MR) is 135 cm³/mol. The van der Waals surface area contributed by atoms with E-state index in [0.29, 0.717) is 30.2 Å². The Bertz CT molecular complexity index is 1150. The number of hydrogen-bond acceptors (Lipinski definition) is 4. The van der Waals surface area contributed by atoms with E-state index in [0.717, 1.165) is 17.4 Å². The third-order valence-electron chi connectivity index (χ3n) is 4.61. The standard InChI is InChI=1S/C22H26FN5O2S.HI/c1-24-22(26-14-20-12-21(23)8-7-19(20)16-31(2,29)30)25-13-17-5-3-6-18(11-17)15-28-10-4-9-27-28;/h3-12H,13-16H2,1-2H3,(H2,24,25,26);1H. The predicted octanol–water partition coefficient (Wildman–Crippen LogP) is 3.10. The number of hydrogen-bond donors (Lipinski definition) is 2. The summed E-state index contributed by atoms with van der Waals surface area (Å²) in [7, 11) is -1.58. The molecule has 0 bridgehead atoms. The lowest BCUT2D eigenvalue weighted by molar-refractivity contribution is 0.599. The molecule has 0 saturated carbocycles. The number of nitrogens with one attached hydrogen (secondary N) is 2. The third-order valence-corrected chi connectivity index (χ3v) is 5.45. The molecular formula is C22H27FIN5O2S. The second-order valence-electron chi connectivity index (χ2n) is 7.29. The summed E-state index contributed by atoms with van der Waals surface area (Å²) in [6, 6.07) is 14.2. The summed E-state index contributed by atoms with van der Waals surface area (Å²) in [6.07, 6.45) is 4.83. The van der Waals surface area contributed by atoms with Crippen LogP contribution < -0.4 is 10.6 Å². The first-order valence-electron chi connectivity index (χ1n) is 9.77. The van der Waals surface area contributed by atoms with E-state index in [1.807, 2.05) is 35.1 Å². The molecule has 1 heterocycles. The molecule has 0 aliphatic heterocycles. The molecule has 7 nitrogen and oxygen atoms in total. The highest BCUT2D eigenvalue weighted by atomic mass is 127. The average molecular weight is 571 g/mol. The minimum atomic E-state index is -3.23. The fourth-order valence-electron chi connectivity index (χ4n) is 3.19. The van der Waals surface area contributed by atoms with Gasteiger partial charge in [0.25, 0.3) is 0 Å². The van der Waals surface area contributed by atoms with Crippen molar-refractivity contribution in [2.75, 3.05) is 13.3 Å². The van der Waals surface area contributed by atoms with Crippen molar-refractivity contribution in [2.24, 2.45) is 4.99 Å². The van der Waals surface area contributed by atoms with Crippen LogP contribution in [0.1, 0.15) is 22.3 Å². The van der Waals surface area contributed by atoms with E-state index >= 15 is 0 Å². The van der Waals surface area contributed by atoms with Gasteiger partial charge in [-0.05, 0) is 40.5 Å². The van der Waals surface area contributed by atoms with Crippen LogP contribution in [0.3, 0.4) is 0 Å². The van der Waals surface area contributed by atoms with Crippen molar-refractivity contribution in [3.63, 3.8) is 0 Å². The van der Waals surface area contributed by atoms with Crippen LogP contribution in [0, 0.1) is 5.82 Å². The van der Waals surface area contributed by atoms with Gasteiger partial charge in [-0.2, -0.15) is 5.10 Å². The molecule has 0 aliphatic carbocycles. The second-order valence-corrected chi connectivity index (χ2v) is 9.43. The van der Waals surface area contributed by atoms with Gasteiger partial charge in [0, 0.05) is 38.8 Å². The summed E-state index contributed by atoms with van der Waals surface area (Å²) in [5.41, 5.74) is 3.36. The van der Waals surface area contributed by atoms with Crippen molar-refractivity contribution < 1.29 is 12.8 Å². The van der Waals surface area contributed by atoms with Crippen LogP contribution in [0.2, 0.25) is 0 Å². The third kappa shape index (κ3) is 8.23. The van der Waals surface area contributed by atoms with Gasteiger partial charge in [0.05, 0.1) is 12.3 Å². The van der Waals surface area contributed by atoms with Gasteiger partial charge in [-0.1, -0.05) is 30.3 Å². The summed E-state index contributed by atoms with van der Waals surface area (Å²) in [4.78, 5) is 4.20. The SMILES string of the molecule is CN=C(NCc1cccc(Cn2cccn2)c1)NCc1cc(F)ccc1CS(C)(=O)=O.I. The number of nitrogens with zero attached hydrogens (tertiary/aromatic N) is 3. The normalized spacial score (nSPS) is 11.7. The number of rotatable bonds is 8. The largest absolute Gasteiger partial charge is 0.352 e. The Morgan fingerprint density at radius 2 is 1.81 bits per heavy atom. The zero-order valence-corrected chi connectivity index (χ0v) is 21.1. The molecule has 0 atom stereocenters. The highest BCUT2D eigenvalue weighted by molar-refractivity contribution is 14.0. The van der Waals surface area contributed by atoms with Crippen LogP contribution in [0.4, 0.5) is 4.39 Å². The molecule has 0 spiro atoms. The number of benzene rings is 2. The van der Waals surface area contributed by atoms with Crippen molar-refractivity contribution in [3.05, 3.63) is 89.0 Å². The van der Waals surface area contributed by atoms with Gasteiger partial charge in [0.2, 0.25) is 0 Å². The van der Waals surface area contributed by atoms with E-state index in [-0.39, 0.29) is 36.3 Å². The molecule has 0 saturated heterocycles. The molecule has 3 aromatic rings. The zero-order chi connectivity index (χ0) is 22.3. The zero-order valence-electron chi connectivity index (χ0n) is 18.0. The van der Waals surface area contributed by atoms with E-state index in [1.165, 1.54) is 18.2 Å². The van der Waals surface area contributed by atoms with Crippen molar-refractivity contribution in [1.82, 2.24) is 20.4 Å². The molecule has 0 radical (unpaired) electrons. The summed E-state index contributed by atoms with van der Waals surface area (Å²) >= 11 is 0. The number of aliphatic imine (C=N–C) groups is 1. The van der Waals surface area contributed by atoms with Crippen molar-refractivity contribution in [2.45, 2.75) is 25.4 Å². The molecule has 0 fully saturated rings. The molecule has 0 unspecified atom stereocenters. The quantitative estimate of drug-likeness (QED) is 0.247. The summed E-state index contributed by atoms with van der Waals surface area (Å²) < 4.78 is 38.9. The first-order chi connectivity index (χ1) is 14.8. The Hall–Kier alpha value is -2.47. The van der Waals surface area contributed by atoms with E-state index in [2.05, 4.69) is 26.8 Å². The molecule has 172 valence electrons. The van der Waals surface area contributed by atoms with Crippen LogP contribution in [0.15, 0.2) is 65.9 Å². The Morgan fingerprint density at radius 3 is 2.50 bits per heavy atom. The van der Waals surface area contributed by atoms with Crippen molar-refractivity contribution >= 4 is 39.8 Å². The Morgan fingerprint density at radius 1 is 1.06 bits per heavy atom. The molecule has 10 heteroatoms. The van der Waals surface area contributed by atoms with Crippen LogP contribution in [0.5, 0.6) is 0 Å². The van der Waals surface area contributed by atoms with E-state index in [4.69, 9.17) is 0 Å². The van der Waals surface area contributed by atoms with Crippen LogP contribution >= 0.6 is 24.0 Å². The number of aromatic nitrogens is 2. The highest BCUT2D eigenvalue weighted by Gasteiger charge is 2.11. The lowest BCUT2D eigenvalue weighted by Crippen LogP contribution is -2.36. The Balaban J connectivity index is 0.00000363. The van der Waals surface area contributed by atoms with Gasteiger partial charge in [-0.3, -0.25) is 9.67 Å². The first kappa shape index (κ1) is 25.8. The lowest BCUT2D eigenvalue weighted by atomic mass is 10.1. The fourth-order valence-corrected chi connectivity index (χ4v) is 4.03. The van der Waals surface area contributed by atoms with Gasteiger partial charge in [0.1, 0.15) is 5.82 Å². The average Bonchev–Trinajstić information content (AvgIpc) is 3.22. The minimum Gasteiger partial charge on any atom is -0.352 e. The molecule has 32 heavy (non-hydrogen) atoms. The summed E-state index contributed by atoms with van der Waals surface area (Å²) in [5, 5.41) is 10.6. The van der Waals surface area contributed by atoms with Gasteiger partial charge in [-0.15, -0.1) is 24.0 Å². The smallest absolute Gasteiger partial charge is 0.191 e. The number of sulfone groups is 1. The molecule has 0 amide bonds. The Labute approximate surface area is 205 Å². The maximum Gasteiger partial charge on any atom is 0.191 e. The van der Waals surface area contributed by atoms with Crippen LogP contribution in [-0.4, -0.2) is 37.5 Å². The van der Waals surface area contributed by atoms with Crippen LogP contribution in [0.25, 0.3) is 0 Å². The molecule has 2 aromatic carbocycles. The summed E-state index contributed by atoms with van der Waals surface area (Å²) in [5.74, 6) is -0.0163. The maximum absolute atomic E-state index is 13.7. The molecule has 3 rings (SSSR count). The molecule has 2 N–H and O–H groups in total. The van der Waals surface area contributed by atoms with Gasteiger partial charge < -0.3 is 10.6 Å².